The molecule has 168 valence electrons. The van der Waals surface area contributed by atoms with Crippen molar-refractivity contribution in [3.8, 4) is 0 Å². The van der Waals surface area contributed by atoms with Gasteiger partial charge in [-0.1, -0.05) is 0 Å². The molecule has 0 aromatic heterocycles. The third kappa shape index (κ3) is 12.8. The number of rotatable bonds is 14. The fourth-order valence-electron chi connectivity index (χ4n) is 1.65. The summed E-state index contributed by atoms with van der Waals surface area (Å²) < 4.78 is 24.5. The second-order valence-electron chi connectivity index (χ2n) is 6.16. The fraction of sp³-hybridized carbons (Fsp3) is 0.778. The zero-order chi connectivity index (χ0) is 22.4. The highest BCUT2D eigenvalue weighted by Crippen LogP contribution is 2.01. The molecule has 0 heterocycles. The van der Waals surface area contributed by atoms with Crippen LogP contribution in [0.2, 0.25) is 0 Å². The van der Waals surface area contributed by atoms with E-state index in [1.807, 2.05) is 0 Å². The Kier molecular flexibility index (Phi) is 13.6. The Morgan fingerprint density at radius 1 is 0.621 bits per heavy atom. The van der Waals surface area contributed by atoms with E-state index in [-0.39, 0.29) is 13.2 Å². The van der Waals surface area contributed by atoms with E-state index in [1.165, 1.54) is 27.7 Å². The fourth-order valence-corrected chi connectivity index (χ4v) is 1.65. The maximum absolute atomic E-state index is 11.6. The summed E-state index contributed by atoms with van der Waals surface area (Å²) in [5, 5.41) is 18.0. The van der Waals surface area contributed by atoms with Crippen LogP contribution in [0.5, 0.6) is 0 Å². The first kappa shape index (κ1) is 26.8. The summed E-state index contributed by atoms with van der Waals surface area (Å²) in [6.45, 7) is 5.86. The van der Waals surface area contributed by atoms with Crippen LogP contribution in [0.25, 0.3) is 0 Å². The molecule has 11 heteroatoms. The molecule has 0 aliphatic heterocycles. The van der Waals surface area contributed by atoms with Crippen LogP contribution in [0.15, 0.2) is 0 Å². The van der Waals surface area contributed by atoms with E-state index in [4.69, 9.17) is 24.4 Å². The van der Waals surface area contributed by atoms with Crippen LogP contribution in [-0.2, 0) is 42.9 Å². The molecule has 0 amide bonds. The molecule has 4 unspecified atom stereocenters. The normalized spacial score (nSPS) is 14.8. The lowest BCUT2D eigenvalue weighted by Gasteiger charge is -2.14. The van der Waals surface area contributed by atoms with E-state index >= 15 is 0 Å². The Labute approximate surface area is 169 Å². The second kappa shape index (κ2) is 14.7. The van der Waals surface area contributed by atoms with Gasteiger partial charge in [-0.05, 0) is 27.7 Å². The minimum atomic E-state index is -1.32. The van der Waals surface area contributed by atoms with Crippen molar-refractivity contribution in [2.24, 2.45) is 0 Å². The summed E-state index contributed by atoms with van der Waals surface area (Å²) in [5.74, 6) is -3.27. The predicted molar refractivity (Wildman–Crippen MR) is 96.4 cm³/mol. The number of hydrogen-bond donors (Lipinski definition) is 2. The van der Waals surface area contributed by atoms with E-state index < -0.39 is 48.3 Å². The van der Waals surface area contributed by atoms with Crippen molar-refractivity contribution in [2.75, 3.05) is 26.4 Å². The molecule has 0 bridgehead atoms. The van der Waals surface area contributed by atoms with Crippen molar-refractivity contribution in [1.29, 1.82) is 0 Å². The largest absolute Gasteiger partial charge is 0.463 e. The number of hydrogen-bond acceptors (Lipinski definition) is 11. The Hall–Kier alpha value is -2.24. The minimum Gasteiger partial charge on any atom is -0.463 e. The molecule has 0 aliphatic rings. The van der Waals surface area contributed by atoms with E-state index in [1.54, 1.807) is 0 Å². The van der Waals surface area contributed by atoms with E-state index in [9.17, 15) is 19.2 Å². The number of ether oxygens (including phenoxy) is 5. The highest BCUT2D eigenvalue weighted by molar-refractivity contribution is 5.81. The van der Waals surface area contributed by atoms with Gasteiger partial charge >= 0.3 is 23.9 Å². The van der Waals surface area contributed by atoms with Gasteiger partial charge in [0.15, 0.2) is 12.2 Å². The van der Waals surface area contributed by atoms with Crippen LogP contribution >= 0.6 is 0 Å². The van der Waals surface area contributed by atoms with Crippen LogP contribution < -0.4 is 0 Å². The quantitative estimate of drug-likeness (QED) is 0.211. The van der Waals surface area contributed by atoms with Gasteiger partial charge in [-0.15, -0.1) is 0 Å². The average Bonchev–Trinajstić information content (AvgIpc) is 2.65. The second-order valence-corrected chi connectivity index (χ2v) is 6.16. The molecule has 2 N–H and O–H groups in total. The molecule has 0 aromatic rings. The van der Waals surface area contributed by atoms with Crippen LogP contribution in [0, 0.1) is 0 Å². The highest BCUT2D eigenvalue weighted by atomic mass is 16.6. The summed E-state index contributed by atoms with van der Waals surface area (Å²) in [6.07, 6.45) is -4.05. The van der Waals surface area contributed by atoms with Crippen molar-refractivity contribution in [3.63, 3.8) is 0 Å². The van der Waals surface area contributed by atoms with Gasteiger partial charge in [0.25, 0.3) is 0 Å². The molecule has 0 saturated carbocycles. The van der Waals surface area contributed by atoms with Gasteiger partial charge in [0.2, 0.25) is 0 Å². The first-order valence-corrected chi connectivity index (χ1v) is 9.24. The topological polar surface area (TPSA) is 155 Å². The van der Waals surface area contributed by atoms with Crippen LogP contribution in [-0.4, -0.2) is 84.9 Å². The third-order valence-electron chi connectivity index (χ3n) is 3.29. The van der Waals surface area contributed by atoms with Gasteiger partial charge in [-0.3, -0.25) is 0 Å². The number of carbonyl (C=O) groups is 4. The third-order valence-corrected chi connectivity index (χ3v) is 3.29. The standard InChI is InChI=1S/C18H30O11/c1-11(19)15(21)28-13(3)17(23)26-9-5-7-25-8-6-10-27-18(24)14(4)29-16(22)12(2)20/h11-14,19-20H,5-10H2,1-4H3. The molecule has 0 radical (unpaired) electrons. The molecule has 4 atom stereocenters. The van der Waals surface area contributed by atoms with Crippen LogP contribution in [0.4, 0.5) is 0 Å². The number of carbonyl (C=O) groups excluding carboxylic acids is 4. The lowest BCUT2D eigenvalue weighted by Crippen LogP contribution is -2.31. The monoisotopic (exact) mass is 422 g/mol. The minimum absolute atomic E-state index is 0.0660. The molecule has 0 aromatic carbocycles. The van der Waals surface area contributed by atoms with Crippen molar-refractivity contribution in [2.45, 2.75) is 65.0 Å². The number of esters is 4. The molecule has 29 heavy (non-hydrogen) atoms. The SMILES string of the molecule is CC(O)C(=O)OC(C)C(=O)OCCCOCCCOC(=O)C(C)OC(=O)C(C)O. The van der Waals surface area contributed by atoms with Gasteiger partial charge in [0.05, 0.1) is 13.2 Å². The smallest absolute Gasteiger partial charge is 0.347 e. The van der Waals surface area contributed by atoms with Crippen molar-refractivity contribution < 1.29 is 53.1 Å². The number of aliphatic hydroxyl groups is 2. The van der Waals surface area contributed by atoms with E-state index in [2.05, 4.69) is 9.47 Å². The van der Waals surface area contributed by atoms with Crippen molar-refractivity contribution in [1.82, 2.24) is 0 Å². The van der Waals surface area contributed by atoms with Gasteiger partial charge in [0.1, 0.15) is 12.2 Å². The Morgan fingerprint density at radius 2 is 0.966 bits per heavy atom. The Balaban J connectivity index is 3.68. The van der Waals surface area contributed by atoms with Crippen molar-refractivity contribution >= 4 is 23.9 Å². The van der Waals surface area contributed by atoms with E-state index in [0.29, 0.717) is 26.1 Å². The van der Waals surface area contributed by atoms with Gasteiger partial charge in [0, 0.05) is 26.1 Å². The Bertz CT molecular complexity index is 484. The highest BCUT2D eigenvalue weighted by Gasteiger charge is 2.22. The zero-order valence-electron chi connectivity index (χ0n) is 17.1. The molecular weight excluding hydrogens is 392 g/mol. The molecule has 0 aliphatic carbocycles. The summed E-state index contributed by atoms with van der Waals surface area (Å²) in [6, 6.07) is 0. The van der Waals surface area contributed by atoms with Crippen molar-refractivity contribution in [3.05, 3.63) is 0 Å². The lowest BCUT2D eigenvalue weighted by atomic mass is 10.4. The molecule has 11 nitrogen and oxygen atoms in total. The maximum atomic E-state index is 11.6. The molecule has 0 fully saturated rings. The van der Waals surface area contributed by atoms with Gasteiger partial charge in [-0.2, -0.15) is 0 Å². The Morgan fingerprint density at radius 3 is 1.28 bits per heavy atom. The summed E-state index contributed by atoms with van der Waals surface area (Å²) >= 11 is 0. The molecule has 0 saturated heterocycles. The van der Waals surface area contributed by atoms with Crippen LogP contribution in [0.1, 0.15) is 40.5 Å². The average molecular weight is 422 g/mol. The summed E-state index contributed by atoms with van der Waals surface area (Å²) in [7, 11) is 0. The molecule has 0 spiro atoms. The lowest BCUT2D eigenvalue weighted by molar-refractivity contribution is -0.171. The van der Waals surface area contributed by atoms with Crippen LogP contribution in [0.3, 0.4) is 0 Å². The maximum Gasteiger partial charge on any atom is 0.347 e. The predicted octanol–water partition coefficient (Wildman–Crippen LogP) is -0.505. The van der Waals surface area contributed by atoms with Gasteiger partial charge in [-0.25, -0.2) is 19.2 Å². The molecule has 0 rings (SSSR count). The molecular formula is C18H30O11. The zero-order valence-corrected chi connectivity index (χ0v) is 17.1. The first-order valence-electron chi connectivity index (χ1n) is 9.24. The summed E-state index contributed by atoms with van der Waals surface area (Å²) in [4.78, 5) is 45.5. The van der Waals surface area contributed by atoms with Gasteiger partial charge < -0.3 is 33.9 Å². The first-order chi connectivity index (χ1) is 13.6. The number of aliphatic hydroxyl groups excluding tert-OH is 2. The van der Waals surface area contributed by atoms with E-state index in [0.717, 1.165) is 0 Å². The summed E-state index contributed by atoms with van der Waals surface area (Å²) in [5.41, 5.74) is 0.